The Morgan fingerprint density at radius 3 is 2.80 bits per heavy atom. The number of pyridine rings is 1. The molecule has 0 aliphatic heterocycles. The Balaban J connectivity index is 1.90. The molecule has 0 atom stereocenters. The van der Waals surface area contributed by atoms with Crippen LogP contribution in [-0.2, 0) is 5.75 Å². The molecule has 0 N–H and O–H groups in total. The number of nitrogens with zero attached hydrogens (tertiary/aromatic N) is 3. The highest BCUT2D eigenvalue weighted by Gasteiger charge is 2.13. The minimum Gasteiger partial charge on any atom is -0.494 e. The first-order chi connectivity index (χ1) is 12.0. The summed E-state index contributed by atoms with van der Waals surface area (Å²) in [5.41, 5.74) is 2.12. The van der Waals surface area contributed by atoms with Crippen molar-refractivity contribution >= 4 is 46.4 Å². The number of rotatable bonds is 6. The Kier molecular flexibility index (Phi) is 5.51. The van der Waals surface area contributed by atoms with Crippen molar-refractivity contribution in [1.29, 1.82) is 0 Å². The molecule has 0 spiro atoms. The molecule has 0 saturated heterocycles. The molecular formula is C17H15Cl2N3O2S. The third-order valence-corrected chi connectivity index (χ3v) is 5.00. The Labute approximate surface area is 159 Å². The van der Waals surface area contributed by atoms with Gasteiger partial charge in [0.15, 0.2) is 16.6 Å². The monoisotopic (exact) mass is 395 g/mol. The molecule has 2 heterocycles. The highest BCUT2D eigenvalue weighted by molar-refractivity contribution is 7.98. The Bertz CT molecular complexity index is 943. The van der Waals surface area contributed by atoms with Crippen LogP contribution in [0.1, 0.15) is 29.8 Å². The van der Waals surface area contributed by atoms with E-state index in [0.717, 1.165) is 11.3 Å². The fraction of sp³-hybridized carbons (Fsp3) is 0.235. The molecule has 8 heteroatoms. The maximum absolute atomic E-state index is 11.6. The van der Waals surface area contributed by atoms with Crippen LogP contribution >= 0.6 is 35.0 Å². The maximum Gasteiger partial charge on any atom is 0.196 e. The second-order valence-electron chi connectivity index (χ2n) is 5.28. The molecule has 0 aliphatic carbocycles. The predicted octanol–water partition coefficient (Wildman–Crippen LogP) is 4.93. The van der Waals surface area contributed by atoms with E-state index in [9.17, 15) is 4.79 Å². The van der Waals surface area contributed by atoms with E-state index in [1.54, 1.807) is 29.7 Å². The molecule has 0 aliphatic rings. The highest BCUT2D eigenvalue weighted by atomic mass is 35.5. The molecule has 2 aromatic heterocycles. The number of ether oxygens (including phenoxy) is 1. The zero-order valence-corrected chi connectivity index (χ0v) is 16.0. The number of Topliss-reactive ketones (excluding diaryl/α,β-unsaturated/α-hetero) is 1. The number of hydrogen-bond donors (Lipinski definition) is 0. The van der Waals surface area contributed by atoms with Crippen LogP contribution in [0.3, 0.4) is 0 Å². The number of halogens is 2. The average molecular weight is 396 g/mol. The molecule has 25 heavy (non-hydrogen) atoms. The fourth-order valence-electron chi connectivity index (χ4n) is 2.35. The van der Waals surface area contributed by atoms with E-state index in [-0.39, 0.29) is 5.78 Å². The largest absolute Gasteiger partial charge is 0.494 e. The van der Waals surface area contributed by atoms with Gasteiger partial charge in [0.2, 0.25) is 0 Å². The smallest absolute Gasteiger partial charge is 0.196 e. The molecule has 0 amide bonds. The van der Waals surface area contributed by atoms with E-state index in [1.165, 1.54) is 11.8 Å². The van der Waals surface area contributed by atoms with Gasteiger partial charge in [0.25, 0.3) is 0 Å². The van der Waals surface area contributed by atoms with E-state index < -0.39 is 0 Å². The van der Waals surface area contributed by atoms with Crippen molar-refractivity contribution in [2.45, 2.75) is 24.8 Å². The number of hydrogen-bond acceptors (Lipinski definition) is 5. The summed E-state index contributed by atoms with van der Waals surface area (Å²) in [5.74, 6) is 1.34. The van der Waals surface area contributed by atoms with Crippen molar-refractivity contribution in [1.82, 2.24) is 14.6 Å². The van der Waals surface area contributed by atoms with E-state index in [4.69, 9.17) is 27.9 Å². The van der Waals surface area contributed by atoms with Crippen molar-refractivity contribution in [2.75, 3.05) is 6.61 Å². The topological polar surface area (TPSA) is 56.5 Å². The molecule has 5 nitrogen and oxygen atoms in total. The first-order valence-corrected chi connectivity index (χ1v) is 9.33. The summed E-state index contributed by atoms with van der Waals surface area (Å²) in [6.45, 7) is 4.02. The van der Waals surface area contributed by atoms with E-state index >= 15 is 0 Å². The van der Waals surface area contributed by atoms with Crippen molar-refractivity contribution < 1.29 is 9.53 Å². The second kappa shape index (κ2) is 7.64. The lowest BCUT2D eigenvalue weighted by molar-refractivity contribution is 0.101. The van der Waals surface area contributed by atoms with Crippen LogP contribution in [0.4, 0.5) is 0 Å². The van der Waals surface area contributed by atoms with Crippen molar-refractivity contribution in [2.24, 2.45) is 0 Å². The van der Waals surface area contributed by atoms with Gasteiger partial charge in [-0.3, -0.25) is 9.20 Å². The molecule has 0 bridgehead atoms. The average Bonchev–Trinajstić information content (AvgIpc) is 2.97. The van der Waals surface area contributed by atoms with Gasteiger partial charge in [0, 0.05) is 23.1 Å². The molecule has 0 fully saturated rings. The third kappa shape index (κ3) is 3.92. The van der Waals surface area contributed by atoms with Crippen LogP contribution < -0.4 is 4.74 Å². The predicted molar refractivity (Wildman–Crippen MR) is 100 cm³/mol. The lowest BCUT2D eigenvalue weighted by Gasteiger charge is -2.11. The van der Waals surface area contributed by atoms with Crippen molar-refractivity contribution in [3.8, 4) is 5.75 Å². The number of carbonyl (C=O) groups excluding carboxylic acids is 1. The van der Waals surface area contributed by atoms with Crippen LogP contribution in [-0.4, -0.2) is 27.0 Å². The molecule has 3 aromatic rings. The fourth-order valence-corrected chi connectivity index (χ4v) is 3.75. The molecule has 0 saturated carbocycles. The minimum atomic E-state index is 0.0146. The van der Waals surface area contributed by atoms with Crippen LogP contribution in [0, 0.1) is 0 Å². The Hall–Kier alpha value is -1.76. The number of ketones is 1. The lowest BCUT2D eigenvalue weighted by atomic mass is 10.1. The molecular weight excluding hydrogens is 381 g/mol. The first kappa shape index (κ1) is 18.0. The van der Waals surface area contributed by atoms with Gasteiger partial charge in [-0.15, -0.1) is 10.2 Å². The van der Waals surface area contributed by atoms with Crippen LogP contribution in [0.2, 0.25) is 10.0 Å². The minimum absolute atomic E-state index is 0.0146. The summed E-state index contributed by atoms with van der Waals surface area (Å²) in [6.07, 6.45) is 1.72. The van der Waals surface area contributed by atoms with Gasteiger partial charge in [-0.1, -0.05) is 35.0 Å². The van der Waals surface area contributed by atoms with E-state index in [0.29, 0.717) is 38.8 Å². The summed E-state index contributed by atoms with van der Waals surface area (Å²) in [6, 6.07) is 7.08. The number of benzene rings is 1. The number of aromatic nitrogens is 3. The van der Waals surface area contributed by atoms with Gasteiger partial charge in [0.05, 0.1) is 16.7 Å². The third-order valence-electron chi connectivity index (χ3n) is 3.52. The van der Waals surface area contributed by atoms with Gasteiger partial charge in [-0.2, -0.15) is 0 Å². The van der Waals surface area contributed by atoms with Gasteiger partial charge in [-0.25, -0.2) is 0 Å². The molecule has 3 rings (SSSR count). The van der Waals surface area contributed by atoms with E-state index in [1.807, 2.05) is 19.1 Å². The molecule has 0 radical (unpaired) electrons. The lowest BCUT2D eigenvalue weighted by Crippen LogP contribution is -2.00. The summed E-state index contributed by atoms with van der Waals surface area (Å²) in [5, 5.41) is 9.88. The normalized spacial score (nSPS) is 11.0. The van der Waals surface area contributed by atoms with Gasteiger partial charge in [0.1, 0.15) is 5.75 Å². The Morgan fingerprint density at radius 1 is 1.28 bits per heavy atom. The highest BCUT2D eigenvalue weighted by Crippen LogP contribution is 2.30. The zero-order chi connectivity index (χ0) is 18.0. The SMILES string of the molecule is CCOc1ccc(C(C)=O)cc1CSc1nnc2c(Cl)cc(Cl)cn12. The van der Waals surface area contributed by atoms with Crippen LogP contribution in [0.25, 0.3) is 5.65 Å². The van der Waals surface area contributed by atoms with Gasteiger partial charge >= 0.3 is 0 Å². The number of fused-ring (bicyclic) bond motifs is 1. The van der Waals surface area contributed by atoms with E-state index in [2.05, 4.69) is 10.2 Å². The zero-order valence-electron chi connectivity index (χ0n) is 13.6. The van der Waals surface area contributed by atoms with Gasteiger partial charge < -0.3 is 4.74 Å². The standard InChI is InChI=1S/C17H15Cl2N3O2S/c1-3-24-15-5-4-11(10(2)23)6-12(15)9-25-17-21-20-16-14(19)7-13(18)8-22(16)17/h4-8H,3,9H2,1-2H3. The number of carbonyl (C=O) groups is 1. The van der Waals surface area contributed by atoms with Crippen molar-refractivity contribution in [3.05, 3.63) is 51.6 Å². The quantitative estimate of drug-likeness (QED) is 0.437. The molecule has 0 unspecified atom stereocenters. The molecule has 1 aromatic carbocycles. The maximum atomic E-state index is 11.6. The first-order valence-electron chi connectivity index (χ1n) is 7.59. The number of thioether (sulfide) groups is 1. The summed E-state index contributed by atoms with van der Waals surface area (Å²) < 4.78 is 7.41. The van der Waals surface area contributed by atoms with Crippen LogP contribution in [0.15, 0.2) is 35.6 Å². The van der Waals surface area contributed by atoms with Crippen molar-refractivity contribution in [3.63, 3.8) is 0 Å². The Morgan fingerprint density at radius 2 is 2.08 bits per heavy atom. The summed E-state index contributed by atoms with van der Waals surface area (Å²) >= 11 is 13.7. The second-order valence-corrected chi connectivity index (χ2v) is 7.07. The summed E-state index contributed by atoms with van der Waals surface area (Å²) in [7, 11) is 0. The van der Waals surface area contributed by atoms with Gasteiger partial charge in [-0.05, 0) is 38.1 Å². The van der Waals surface area contributed by atoms with Crippen LogP contribution in [0.5, 0.6) is 5.75 Å². The summed E-state index contributed by atoms with van der Waals surface area (Å²) in [4.78, 5) is 11.6. The molecule has 130 valence electrons.